The van der Waals surface area contributed by atoms with Crippen molar-refractivity contribution in [2.45, 2.75) is 37.6 Å². The largest absolute Gasteiger partial charge is 0.304 e. The van der Waals surface area contributed by atoms with Crippen molar-refractivity contribution in [2.24, 2.45) is 4.99 Å². The van der Waals surface area contributed by atoms with E-state index in [2.05, 4.69) is 4.99 Å². The van der Waals surface area contributed by atoms with E-state index in [4.69, 9.17) is 38.3 Å². The third-order valence-corrected chi connectivity index (χ3v) is 3.34. The minimum absolute atomic E-state index is 0.0678. The molecule has 1 saturated carbocycles. The van der Waals surface area contributed by atoms with Gasteiger partial charge in [-0.15, -0.1) is 0 Å². The average molecular weight is 350 g/mol. The Morgan fingerprint density at radius 3 is 2.77 bits per heavy atom. The number of hydrogen-bond acceptors (Lipinski definition) is 3. The van der Waals surface area contributed by atoms with Crippen molar-refractivity contribution < 1.29 is 24.7 Å². The highest BCUT2D eigenvalue weighted by molar-refractivity contribution is 6.64. The molecule has 1 spiro atoms. The van der Waals surface area contributed by atoms with Crippen LogP contribution in [0.1, 0.15) is 52.5 Å². The Kier molecular flexibility index (Phi) is 1.92. The maximum absolute atomic E-state index is 13.4. The summed E-state index contributed by atoms with van der Waals surface area (Å²) in [5, 5.41) is -1.60. The first-order valence-corrected chi connectivity index (χ1v) is 6.81. The highest BCUT2D eigenvalue weighted by atomic mass is 35.5. The highest BCUT2D eigenvalue weighted by Gasteiger charge is 2.48. The van der Waals surface area contributed by atoms with Crippen LogP contribution >= 0.6 is 23.2 Å². The Hall–Kier alpha value is -1.39. The van der Waals surface area contributed by atoms with Gasteiger partial charge in [0.2, 0.25) is 5.24 Å². The van der Waals surface area contributed by atoms with E-state index in [0.717, 1.165) is 0 Å². The van der Waals surface area contributed by atoms with Gasteiger partial charge >= 0.3 is 0 Å². The number of hydrogen-bond donors (Lipinski definition) is 0. The van der Waals surface area contributed by atoms with E-state index in [1.165, 1.54) is 24.3 Å². The summed E-state index contributed by atoms with van der Waals surface area (Å²) < 4.78 is 90.2. The first kappa shape index (κ1) is 7.02. The number of carbonyl (C=O) groups is 2. The molecule has 0 saturated heterocycles. The van der Waals surface area contributed by atoms with Crippen LogP contribution in [0.15, 0.2) is 29.3 Å². The second-order valence-electron chi connectivity index (χ2n) is 4.38. The van der Waals surface area contributed by atoms with Gasteiger partial charge in [0, 0.05) is 22.9 Å². The molecule has 22 heavy (non-hydrogen) atoms. The lowest BCUT2D eigenvalue weighted by Crippen LogP contribution is -2.49. The smallest absolute Gasteiger partial charge is 0.275 e. The van der Waals surface area contributed by atoms with Crippen molar-refractivity contribution in [3.63, 3.8) is 0 Å². The van der Waals surface area contributed by atoms with E-state index in [1.54, 1.807) is 0 Å². The first-order chi connectivity index (χ1) is 14.7. The molecular weight excluding hydrogens is 323 g/mol. The average Bonchev–Trinajstić information content (AvgIpc) is 3.01. The van der Waals surface area contributed by atoms with Gasteiger partial charge in [-0.1, -0.05) is 30.1 Å². The minimum Gasteiger partial charge on any atom is -0.304 e. The summed E-state index contributed by atoms with van der Waals surface area (Å²) in [5.74, 6) is -1.47. The molecule has 0 bridgehead atoms. The summed E-state index contributed by atoms with van der Waals surface area (Å²) in [5.41, 5.74) is -4.13. The predicted molar refractivity (Wildman–Crippen MR) is 86.4 cm³/mol. The highest BCUT2D eigenvalue weighted by Crippen LogP contribution is 2.39. The number of rotatable bonds is 3. The van der Waals surface area contributed by atoms with Crippen molar-refractivity contribution in [3.05, 3.63) is 34.9 Å². The quantitative estimate of drug-likeness (QED) is 0.785. The zero-order valence-corrected chi connectivity index (χ0v) is 12.4. The van der Waals surface area contributed by atoms with Crippen LogP contribution in [0.25, 0.3) is 0 Å². The Labute approximate surface area is 154 Å². The molecule has 2 aliphatic rings. The fourth-order valence-electron chi connectivity index (χ4n) is 2.06. The number of aliphatic imine (C=N–C) groups is 1. The van der Waals surface area contributed by atoms with Crippen LogP contribution in [0.5, 0.6) is 0 Å². The molecule has 1 aromatic carbocycles. The Morgan fingerprint density at radius 1 is 1.36 bits per heavy atom. The van der Waals surface area contributed by atoms with E-state index in [-0.39, 0.29) is 15.5 Å². The molecule has 1 aliphatic carbocycles. The molecule has 1 heterocycles. The van der Waals surface area contributed by atoms with Crippen molar-refractivity contribution in [2.75, 3.05) is 6.50 Å². The van der Waals surface area contributed by atoms with Gasteiger partial charge in [-0.3, -0.25) is 14.6 Å². The zero-order valence-electron chi connectivity index (χ0n) is 21.9. The van der Waals surface area contributed by atoms with Gasteiger partial charge in [0.05, 0.1) is 9.24 Å². The number of benzene rings is 1. The van der Waals surface area contributed by atoms with Crippen LogP contribution in [0.3, 0.4) is 0 Å². The Balaban J connectivity index is 2.47. The number of halogens is 2. The minimum atomic E-state index is -3.76. The van der Waals surface area contributed by atoms with Crippen LogP contribution < -0.4 is 0 Å². The molecule has 1 amide bonds. The van der Waals surface area contributed by atoms with E-state index >= 15 is 0 Å². The molecule has 3 rings (SSSR count). The molecule has 2 unspecified atom stereocenters. The summed E-state index contributed by atoms with van der Waals surface area (Å²) in [6.45, 7) is -3.57. The van der Waals surface area contributed by atoms with Crippen molar-refractivity contribution >= 4 is 40.1 Å². The Bertz CT molecular complexity index is 1060. The van der Waals surface area contributed by atoms with E-state index < -0.39 is 60.9 Å². The number of carbonyl (C=O) groups excluding carboxylic acids is 2. The molecular formula is C16H16Cl2N2O2. The second-order valence-corrected chi connectivity index (χ2v) is 5.16. The number of nitrogens with zero attached hydrogens (tertiary/aromatic N) is 2. The first-order valence-electron chi connectivity index (χ1n) is 11.6. The molecule has 4 nitrogen and oxygen atoms in total. The van der Waals surface area contributed by atoms with Crippen molar-refractivity contribution in [1.82, 2.24) is 4.90 Å². The summed E-state index contributed by atoms with van der Waals surface area (Å²) in [6.07, 6.45) is -17.3. The van der Waals surface area contributed by atoms with Gasteiger partial charge in [-0.25, -0.2) is 0 Å². The van der Waals surface area contributed by atoms with Crippen LogP contribution in [0.2, 0.25) is 5.02 Å². The van der Waals surface area contributed by atoms with Gasteiger partial charge in [-0.05, 0) is 49.2 Å². The molecule has 0 aromatic heterocycles. The fraction of sp³-hybridized carbons (Fsp3) is 0.438. The summed E-state index contributed by atoms with van der Waals surface area (Å²) in [6, 6.07) is 5.12. The van der Waals surface area contributed by atoms with Crippen LogP contribution in [-0.4, -0.2) is 33.9 Å². The van der Waals surface area contributed by atoms with Crippen molar-refractivity contribution in [3.8, 4) is 0 Å². The third kappa shape index (κ3) is 2.77. The van der Waals surface area contributed by atoms with Crippen LogP contribution in [0, 0.1) is 0 Å². The molecule has 0 N–H and O–H groups in total. The van der Waals surface area contributed by atoms with Gasteiger partial charge in [0.1, 0.15) is 11.4 Å². The van der Waals surface area contributed by atoms with Gasteiger partial charge in [0.25, 0.3) is 5.91 Å². The maximum atomic E-state index is 13.4. The molecule has 1 aliphatic heterocycles. The predicted octanol–water partition coefficient (Wildman–Crippen LogP) is 3.40. The number of amides is 1. The summed E-state index contributed by atoms with van der Waals surface area (Å²) >= 11 is 11.2. The zero-order chi connectivity index (χ0) is 25.6. The van der Waals surface area contributed by atoms with Gasteiger partial charge < -0.3 is 4.90 Å². The SMILES string of the molecule is [2H]C1C([2H])([2H])C([2H])([2H])C([2H])([2H])C([2H])([2H])C12N=C(c1ccc(Cl)cc1)C(=O)N2C([2H])([2H])C(=O)Cl. The third-order valence-electron chi connectivity index (χ3n) is 3.00. The van der Waals surface area contributed by atoms with E-state index in [0.29, 0.717) is 0 Å². The van der Waals surface area contributed by atoms with Gasteiger partial charge in [-0.2, -0.15) is 0 Å². The van der Waals surface area contributed by atoms with E-state index in [9.17, 15) is 9.59 Å². The second kappa shape index (κ2) is 6.01. The van der Waals surface area contributed by atoms with E-state index in [1.807, 2.05) is 0 Å². The topological polar surface area (TPSA) is 49.7 Å². The van der Waals surface area contributed by atoms with Crippen LogP contribution in [-0.2, 0) is 9.59 Å². The summed E-state index contributed by atoms with van der Waals surface area (Å²) in [4.78, 5) is 29.0. The lowest BCUT2D eigenvalue weighted by Gasteiger charge is -2.38. The molecule has 1 fully saturated rings. The standard InChI is InChI=1S/C16H16Cl2N2O2/c17-12-6-4-11(5-7-12)14-15(22)20(10-13(18)21)16(19-14)8-2-1-3-9-16/h4-7H,1-3,8-10H2/i1D2,2D2,3D2,8D,9D2,10D2. The summed E-state index contributed by atoms with van der Waals surface area (Å²) in [7, 11) is 0. The lowest BCUT2D eigenvalue weighted by molar-refractivity contribution is -0.132. The Morgan fingerprint density at radius 2 is 2.09 bits per heavy atom. The molecule has 2 atom stereocenters. The van der Waals surface area contributed by atoms with Gasteiger partial charge in [0.15, 0.2) is 0 Å². The monoisotopic (exact) mass is 349 g/mol. The maximum Gasteiger partial charge on any atom is 0.275 e. The normalized spacial score (nSPS) is 45.3. The molecule has 1 aromatic rings. The molecule has 116 valence electrons. The molecule has 0 radical (unpaired) electrons. The molecule has 6 heteroatoms. The van der Waals surface area contributed by atoms with Crippen molar-refractivity contribution in [1.29, 1.82) is 0 Å². The fourth-order valence-corrected chi connectivity index (χ4v) is 2.27. The van der Waals surface area contributed by atoms with Crippen LogP contribution in [0.4, 0.5) is 0 Å². The lowest BCUT2D eigenvalue weighted by atomic mass is 9.88.